The number of esters is 1. The Bertz CT molecular complexity index is 939. The number of hydrogen-bond donors (Lipinski definition) is 0. The molecule has 0 amide bonds. The first kappa shape index (κ1) is 16.8. The second-order valence-electron chi connectivity index (χ2n) is 5.82. The average Bonchev–Trinajstić information content (AvgIpc) is 2.93. The monoisotopic (exact) mass is 335 g/mol. The molecule has 25 heavy (non-hydrogen) atoms. The maximum absolute atomic E-state index is 11.7. The van der Waals surface area contributed by atoms with Gasteiger partial charge in [0, 0.05) is 29.1 Å². The predicted molar refractivity (Wildman–Crippen MR) is 101 cm³/mol. The highest BCUT2D eigenvalue weighted by Gasteiger charge is 2.21. The van der Waals surface area contributed by atoms with Crippen LogP contribution in [0.4, 0.5) is 0 Å². The van der Waals surface area contributed by atoms with Crippen LogP contribution in [0.5, 0.6) is 5.75 Å². The SMILES string of the molecule is C=Cc1c(-c2ccccc2OC(C)C(=O)OC)n(C)c2ccccc12. The third kappa shape index (κ3) is 2.91. The number of carbonyl (C=O) groups is 1. The van der Waals surface area contributed by atoms with Gasteiger partial charge in [-0.15, -0.1) is 0 Å². The Hall–Kier alpha value is -3.01. The molecule has 0 N–H and O–H groups in total. The van der Waals surface area contributed by atoms with Gasteiger partial charge in [-0.2, -0.15) is 0 Å². The number of nitrogens with zero attached hydrogens (tertiary/aromatic N) is 1. The van der Waals surface area contributed by atoms with Crippen LogP contribution in [0.2, 0.25) is 0 Å². The molecule has 1 heterocycles. The molecule has 3 rings (SSSR count). The largest absolute Gasteiger partial charge is 0.478 e. The fourth-order valence-corrected chi connectivity index (χ4v) is 3.12. The summed E-state index contributed by atoms with van der Waals surface area (Å²) in [6.45, 7) is 5.66. The van der Waals surface area contributed by atoms with E-state index >= 15 is 0 Å². The summed E-state index contributed by atoms with van der Waals surface area (Å²) in [6.07, 6.45) is 1.17. The summed E-state index contributed by atoms with van der Waals surface area (Å²) in [7, 11) is 3.37. The van der Waals surface area contributed by atoms with Gasteiger partial charge in [0.2, 0.25) is 0 Å². The number of para-hydroxylation sites is 2. The first-order valence-electron chi connectivity index (χ1n) is 8.12. The predicted octanol–water partition coefficient (Wildman–Crippen LogP) is 4.43. The molecule has 2 aromatic carbocycles. The molecule has 0 saturated heterocycles. The minimum Gasteiger partial charge on any atom is -0.478 e. The maximum Gasteiger partial charge on any atom is 0.346 e. The first-order chi connectivity index (χ1) is 12.1. The fourth-order valence-electron chi connectivity index (χ4n) is 3.12. The molecule has 1 aromatic heterocycles. The molecular formula is C21H21NO3. The molecule has 1 atom stereocenters. The van der Waals surface area contributed by atoms with Crippen LogP contribution in [-0.4, -0.2) is 23.8 Å². The van der Waals surface area contributed by atoms with Gasteiger partial charge in [-0.3, -0.25) is 0 Å². The molecule has 0 radical (unpaired) electrons. The van der Waals surface area contributed by atoms with E-state index < -0.39 is 12.1 Å². The highest BCUT2D eigenvalue weighted by molar-refractivity contribution is 5.98. The van der Waals surface area contributed by atoms with Crippen molar-refractivity contribution in [1.29, 1.82) is 0 Å². The number of ether oxygens (including phenoxy) is 2. The number of hydrogen-bond acceptors (Lipinski definition) is 3. The van der Waals surface area contributed by atoms with Gasteiger partial charge < -0.3 is 14.0 Å². The van der Waals surface area contributed by atoms with Crippen LogP contribution in [0.1, 0.15) is 12.5 Å². The topological polar surface area (TPSA) is 40.5 Å². The lowest BCUT2D eigenvalue weighted by atomic mass is 10.0. The molecule has 0 aliphatic heterocycles. The molecule has 0 saturated carbocycles. The summed E-state index contributed by atoms with van der Waals surface area (Å²) >= 11 is 0. The summed E-state index contributed by atoms with van der Waals surface area (Å²) in [5.41, 5.74) is 4.07. The Morgan fingerprint density at radius 1 is 1.16 bits per heavy atom. The first-order valence-corrected chi connectivity index (χ1v) is 8.12. The van der Waals surface area contributed by atoms with Crippen molar-refractivity contribution in [3.05, 3.63) is 60.7 Å². The van der Waals surface area contributed by atoms with E-state index in [1.807, 2.05) is 49.5 Å². The molecule has 0 fully saturated rings. The molecule has 0 aliphatic rings. The van der Waals surface area contributed by atoms with E-state index in [9.17, 15) is 4.79 Å². The van der Waals surface area contributed by atoms with E-state index in [0.717, 1.165) is 27.7 Å². The minimum atomic E-state index is -0.687. The number of benzene rings is 2. The molecule has 0 bridgehead atoms. The highest BCUT2D eigenvalue weighted by atomic mass is 16.6. The summed E-state index contributed by atoms with van der Waals surface area (Å²) in [5, 5.41) is 1.13. The van der Waals surface area contributed by atoms with Crippen molar-refractivity contribution in [3.8, 4) is 17.0 Å². The third-order valence-corrected chi connectivity index (χ3v) is 4.33. The zero-order valence-corrected chi connectivity index (χ0v) is 14.7. The lowest BCUT2D eigenvalue weighted by Crippen LogP contribution is -2.25. The Balaban J connectivity index is 2.18. The van der Waals surface area contributed by atoms with Gasteiger partial charge in [0.15, 0.2) is 6.10 Å². The second-order valence-corrected chi connectivity index (χ2v) is 5.82. The zero-order valence-electron chi connectivity index (χ0n) is 14.7. The molecule has 128 valence electrons. The van der Waals surface area contributed by atoms with Crippen molar-refractivity contribution in [2.75, 3.05) is 7.11 Å². The number of methoxy groups -OCH3 is 1. The molecular weight excluding hydrogens is 314 g/mol. The molecule has 4 heteroatoms. The van der Waals surface area contributed by atoms with Crippen LogP contribution in [-0.2, 0) is 16.6 Å². The molecule has 3 aromatic rings. The quantitative estimate of drug-likeness (QED) is 0.648. The van der Waals surface area contributed by atoms with Crippen molar-refractivity contribution < 1.29 is 14.3 Å². The van der Waals surface area contributed by atoms with Gasteiger partial charge in [-0.05, 0) is 25.1 Å². The van der Waals surface area contributed by atoms with Crippen LogP contribution in [0.15, 0.2) is 55.1 Å². The number of aryl methyl sites for hydroxylation is 1. The Labute approximate surface area is 147 Å². The summed E-state index contributed by atoms with van der Waals surface area (Å²) in [4.78, 5) is 11.7. The van der Waals surface area contributed by atoms with Crippen LogP contribution in [0.25, 0.3) is 28.2 Å². The molecule has 4 nitrogen and oxygen atoms in total. The number of rotatable bonds is 5. The van der Waals surface area contributed by atoms with Crippen molar-refractivity contribution in [3.63, 3.8) is 0 Å². The summed E-state index contributed by atoms with van der Waals surface area (Å²) in [6, 6.07) is 15.9. The molecule has 0 spiro atoms. The maximum atomic E-state index is 11.7. The average molecular weight is 335 g/mol. The van der Waals surface area contributed by atoms with E-state index in [2.05, 4.69) is 23.3 Å². The van der Waals surface area contributed by atoms with E-state index in [1.165, 1.54) is 7.11 Å². The number of carbonyl (C=O) groups excluding carboxylic acids is 1. The van der Waals surface area contributed by atoms with Crippen LogP contribution < -0.4 is 4.74 Å². The summed E-state index contributed by atoms with van der Waals surface area (Å²) < 4.78 is 12.8. The third-order valence-electron chi connectivity index (χ3n) is 4.33. The van der Waals surface area contributed by atoms with Crippen LogP contribution >= 0.6 is 0 Å². The van der Waals surface area contributed by atoms with Crippen molar-refractivity contribution >= 4 is 22.9 Å². The number of aromatic nitrogens is 1. The van der Waals surface area contributed by atoms with Crippen molar-refractivity contribution in [1.82, 2.24) is 4.57 Å². The highest BCUT2D eigenvalue weighted by Crippen LogP contribution is 2.38. The van der Waals surface area contributed by atoms with Gasteiger partial charge in [0.25, 0.3) is 0 Å². The lowest BCUT2D eigenvalue weighted by molar-refractivity contribution is -0.147. The van der Waals surface area contributed by atoms with E-state index in [-0.39, 0.29) is 0 Å². The van der Waals surface area contributed by atoms with Crippen LogP contribution in [0.3, 0.4) is 0 Å². The van der Waals surface area contributed by atoms with Gasteiger partial charge in [0.05, 0.1) is 12.8 Å². The lowest BCUT2D eigenvalue weighted by Gasteiger charge is -2.17. The Morgan fingerprint density at radius 2 is 1.84 bits per heavy atom. The van der Waals surface area contributed by atoms with Crippen molar-refractivity contribution in [2.24, 2.45) is 7.05 Å². The summed E-state index contributed by atoms with van der Waals surface area (Å²) in [5.74, 6) is 0.227. The van der Waals surface area contributed by atoms with Crippen molar-refractivity contribution in [2.45, 2.75) is 13.0 Å². The fraction of sp³-hybridized carbons (Fsp3) is 0.190. The second kappa shape index (κ2) is 6.85. The van der Waals surface area contributed by atoms with E-state index in [4.69, 9.17) is 9.47 Å². The van der Waals surface area contributed by atoms with E-state index in [0.29, 0.717) is 5.75 Å². The molecule has 1 unspecified atom stereocenters. The Morgan fingerprint density at radius 3 is 2.56 bits per heavy atom. The zero-order chi connectivity index (χ0) is 18.0. The van der Waals surface area contributed by atoms with Gasteiger partial charge in [0.1, 0.15) is 5.75 Å². The van der Waals surface area contributed by atoms with Gasteiger partial charge in [-0.25, -0.2) is 4.79 Å². The van der Waals surface area contributed by atoms with Crippen LogP contribution in [0, 0.1) is 0 Å². The standard InChI is InChI=1S/C21H21NO3/c1-5-15-16-10-6-8-12-18(16)22(3)20(15)17-11-7-9-13-19(17)25-14(2)21(23)24-4/h5-14H,1H2,2-4H3. The minimum absolute atomic E-state index is 0.407. The normalized spacial score (nSPS) is 12.0. The Kier molecular flexibility index (Phi) is 4.61. The van der Waals surface area contributed by atoms with Gasteiger partial charge >= 0.3 is 5.97 Å². The van der Waals surface area contributed by atoms with E-state index in [1.54, 1.807) is 6.92 Å². The molecule has 0 aliphatic carbocycles. The van der Waals surface area contributed by atoms with Gasteiger partial charge in [-0.1, -0.05) is 43.0 Å². The number of fused-ring (bicyclic) bond motifs is 1. The smallest absolute Gasteiger partial charge is 0.346 e.